The number of hydrogen-bond acceptors (Lipinski definition) is 7. The summed E-state index contributed by atoms with van der Waals surface area (Å²) in [5.41, 5.74) is -1.28. The molecule has 1 aliphatic heterocycles. The van der Waals surface area contributed by atoms with Gasteiger partial charge in [-0.1, -0.05) is 27.7 Å². The van der Waals surface area contributed by atoms with Crippen molar-refractivity contribution in [2.45, 2.75) is 72.1 Å². The molecule has 11 unspecified atom stereocenters. The molecule has 11 atom stereocenters. The van der Waals surface area contributed by atoms with Gasteiger partial charge in [-0.05, 0) is 36.2 Å². The van der Waals surface area contributed by atoms with Gasteiger partial charge in [-0.3, -0.25) is 9.59 Å². The number of carbonyl (C=O) groups is 2. The highest BCUT2D eigenvalue weighted by Crippen LogP contribution is 2.69. The molecule has 3 fully saturated rings. The summed E-state index contributed by atoms with van der Waals surface area (Å²) in [5, 5.41) is 10.6. The maximum atomic E-state index is 13.9. The number of aliphatic hydroxyl groups excluding tert-OH is 1. The standard InChI is InChI=1S/C24H36O7/c1-11-8-16(28-6)22(27)24(5)14(11)9-17-23(4)15(10-18(26)31-17)12(2)19(29-7)20(21(23)24)30-13(3)25/h8,11-12,14-15,17-21,26H,9-10H2,1-7H3. The Hall–Kier alpha value is -1.44. The Morgan fingerprint density at radius 3 is 2.42 bits per heavy atom. The molecule has 4 rings (SSSR count). The summed E-state index contributed by atoms with van der Waals surface area (Å²) >= 11 is 0. The lowest BCUT2D eigenvalue weighted by Gasteiger charge is -2.69. The Morgan fingerprint density at radius 1 is 1.16 bits per heavy atom. The first kappa shape index (κ1) is 22.7. The number of allylic oxidation sites excluding steroid dienone is 2. The second kappa shape index (κ2) is 7.56. The Bertz CT molecular complexity index is 793. The maximum Gasteiger partial charge on any atom is 0.303 e. The van der Waals surface area contributed by atoms with Crippen LogP contribution in [0.15, 0.2) is 11.8 Å². The fourth-order valence-electron chi connectivity index (χ4n) is 7.99. The van der Waals surface area contributed by atoms with Crippen LogP contribution in [0.2, 0.25) is 0 Å². The van der Waals surface area contributed by atoms with Crippen LogP contribution in [-0.4, -0.2) is 55.7 Å². The van der Waals surface area contributed by atoms with Crippen LogP contribution < -0.4 is 0 Å². The van der Waals surface area contributed by atoms with Gasteiger partial charge >= 0.3 is 5.97 Å². The SMILES string of the molecule is COC1=CC(C)C2CC3OC(O)CC4C(C)C(OC)C(OC(C)=O)C(C2(C)C1=O)C34C. The molecule has 31 heavy (non-hydrogen) atoms. The highest BCUT2D eigenvalue weighted by atomic mass is 16.6. The van der Waals surface area contributed by atoms with Crippen molar-refractivity contribution in [3.05, 3.63) is 11.8 Å². The van der Waals surface area contributed by atoms with Crippen molar-refractivity contribution < 1.29 is 33.6 Å². The number of methoxy groups -OCH3 is 2. The van der Waals surface area contributed by atoms with Crippen molar-refractivity contribution in [3.8, 4) is 0 Å². The predicted octanol–water partition coefficient (Wildman–Crippen LogP) is 2.70. The van der Waals surface area contributed by atoms with Gasteiger partial charge in [0.2, 0.25) is 5.78 Å². The summed E-state index contributed by atoms with van der Waals surface area (Å²) in [5.74, 6) is -0.283. The van der Waals surface area contributed by atoms with Crippen LogP contribution in [0.5, 0.6) is 0 Å². The maximum absolute atomic E-state index is 13.9. The van der Waals surface area contributed by atoms with Gasteiger partial charge < -0.3 is 24.1 Å². The van der Waals surface area contributed by atoms with Crippen molar-refractivity contribution in [1.82, 2.24) is 0 Å². The molecule has 1 heterocycles. The van der Waals surface area contributed by atoms with E-state index >= 15 is 0 Å². The van der Waals surface area contributed by atoms with Gasteiger partial charge in [0.05, 0.1) is 19.3 Å². The lowest BCUT2D eigenvalue weighted by atomic mass is 9.38. The largest absolute Gasteiger partial charge is 0.493 e. The van der Waals surface area contributed by atoms with E-state index in [0.29, 0.717) is 18.6 Å². The summed E-state index contributed by atoms with van der Waals surface area (Å²) in [6, 6.07) is 0. The summed E-state index contributed by atoms with van der Waals surface area (Å²) in [4.78, 5) is 26.1. The van der Waals surface area contributed by atoms with Crippen molar-refractivity contribution in [2.75, 3.05) is 14.2 Å². The van der Waals surface area contributed by atoms with E-state index in [9.17, 15) is 14.7 Å². The average molecular weight is 437 g/mol. The molecule has 3 aliphatic carbocycles. The summed E-state index contributed by atoms with van der Waals surface area (Å²) in [7, 11) is 3.16. The summed E-state index contributed by atoms with van der Waals surface area (Å²) in [6.07, 6.45) is 0.958. The van der Waals surface area contributed by atoms with E-state index < -0.39 is 23.2 Å². The van der Waals surface area contributed by atoms with Gasteiger partial charge in [-0.25, -0.2) is 0 Å². The fraction of sp³-hybridized carbons (Fsp3) is 0.833. The minimum absolute atomic E-state index is 0.0188. The number of Topliss-reactive ketones (excluding diaryl/α,β-unsaturated/α-hetero) is 1. The van der Waals surface area contributed by atoms with Gasteiger partial charge in [-0.2, -0.15) is 0 Å². The van der Waals surface area contributed by atoms with Crippen LogP contribution in [0.4, 0.5) is 0 Å². The second-order valence-corrected chi connectivity index (χ2v) is 10.4. The smallest absolute Gasteiger partial charge is 0.303 e. The molecule has 7 nitrogen and oxygen atoms in total. The molecule has 0 amide bonds. The first-order chi connectivity index (χ1) is 14.5. The lowest BCUT2D eigenvalue weighted by molar-refractivity contribution is -0.327. The molecule has 0 radical (unpaired) electrons. The van der Waals surface area contributed by atoms with Gasteiger partial charge in [0, 0.05) is 37.2 Å². The molecule has 1 N–H and O–H groups in total. The lowest BCUT2D eigenvalue weighted by Crippen LogP contribution is -2.74. The molecule has 7 heteroatoms. The Morgan fingerprint density at radius 2 is 1.84 bits per heavy atom. The monoisotopic (exact) mass is 436 g/mol. The van der Waals surface area contributed by atoms with E-state index in [0.717, 1.165) is 0 Å². The Balaban J connectivity index is 1.95. The van der Waals surface area contributed by atoms with Crippen molar-refractivity contribution in [2.24, 2.45) is 40.4 Å². The van der Waals surface area contributed by atoms with Gasteiger partial charge in [0.1, 0.15) is 6.10 Å². The minimum atomic E-state index is -0.849. The number of ether oxygens (including phenoxy) is 4. The van der Waals surface area contributed by atoms with E-state index in [1.54, 1.807) is 7.11 Å². The highest BCUT2D eigenvalue weighted by molar-refractivity contribution is 5.99. The molecule has 0 spiro atoms. The van der Waals surface area contributed by atoms with Crippen molar-refractivity contribution in [3.63, 3.8) is 0 Å². The van der Waals surface area contributed by atoms with Crippen molar-refractivity contribution in [1.29, 1.82) is 0 Å². The normalized spacial score (nSPS) is 51.3. The molecule has 0 bridgehead atoms. The predicted molar refractivity (Wildman–Crippen MR) is 112 cm³/mol. The van der Waals surface area contributed by atoms with Crippen LogP contribution in [-0.2, 0) is 28.5 Å². The Kier molecular flexibility index (Phi) is 5.55. The zero-order valence-corrected chi connectivity index (χ0v) is 19.6. The quantitative estimate of drug-likeness (QED) is 0.680. The fourth-order valence-corrected chi connectivity index (χ4v) is 7.99. The zero-order chi connectivity index (χ0) is 22.9. The number of hydrogen-bond donors (Lipinski definition) is 1. The number of ketones is 1. The number of aliphatic hydroxyl groups is 1. The van der Waals surface area contributed by atoms with Gasteiger partial charge in [-0.15, -0.1) is 0 Å². The topological polar surface area (TPSA) is 91.3 Å². The van der Waals surface area contributed by atoms with Gasteiger partial charge in [0.25, 0.3) is 0 Å². The third-order valence-electron chi connectivity index (χ3n) is 9.19. The molecule has 0 aromatic rings. The first-order valence-electron chi connectivity index (χ1n) is 11.4. The third kappa shape index (κ3) is 2.96. The van der Waals surface area contributed by atoms with E-state index in [-0.39, 0.29) is 53.6 Å². The van der Waals surface area contributed by atoms with Crippen LogP contribution in [0.3, 0.4) is 0 Å². The third-order valence-corrected chi connectivity index (χ3v) is 9.19. The van der Waals surface area contributed by atoms with E-state index in [1.807, 2.05) is 13.0 Å². The molecule has 0 aromatic carbocycles. The summed E-state index contributed by atoms with van der Waals surface area (Å²) in [6.45, 7) is 9.75. The number of rotatable bonds is 3. The molecule has 4 aliphatic rings. The van der Waals surface area contributed by atoms with E-state index in [2.05, 4.69) is 20.8 Å². The van der Waals surface area contributed by atoms with Gasteiger partial charge in [0.15, 0.2) is 12.0 Å². The van der Waals surface area contributed by atoms with Crippen LogP contribution in [0.25, 0.3) is 0 Å². The number of carbonyl (C=O) groups excluding carboxylic acids is 2. The van der Waals surface area contributed by atoms with Crippen LogP contribution >= 0.6 is 0 Å². The molecule has 2 saturated carbocycles. The van der Waals surface area contributed by atoms with Crippen molar-refractivity contribution >= 4 is 11.8 Å². The minimum Gasteiger partial charge on any atom is -0.493 e. The van der Waals surface area contributed by atoms with E-state index in [1.165, 1.54) is 14.0 Å². The molecular weight excluding hydrogens is 400 g/mol. The molecule has 1 saturated heterocycles. The Labute approximate surface area is 184 Å². The average Bonchev–Trinajstić information content (AvgIpc) is 2.69. The molecule has 174 valence electrons. The number of esters is 1. The summed E-state index contributed by atoms with van der Waals surface area (Å²) < 4.78 is 23.5. The van der Waals surface area contributed by atoms with Crippen LogP contribution in [0.1, 0.15) is 47.5 Å². The first-order valence-corrected chi connectivity index (χ1v) is 11.4. The zero-order valence-electron chi connectivity index (χ0n) is 19.6. The number of fused-ring (bicyclic) bond motifs is 2. The van der Waals surface area contributed by atoms with E-state index in [4.69, 9.17) is 18.9 Å². The second-order valence-electron chi connectivity index (χ2n) is 10.4. The van der Waals surface area contributed by atoms with Crippen LogP contribution in [0, 0.1) is 40.4 Å². The molecular formula is C24H36O7. The highest BCUT2D eigenvalue weighted by Gasteiger charge is 2.73. The molecule has 0 aromatic heterocycles.